The van der Waals surface area contributed by atoms with Crippen molar-refractivity contribution in [2.75, 3.05) is 26.2 Å². The number of alkyl halides is 3. The molecule has 1 saturated heterocycles. The lowest BCUT2D eigenvalue weighted by Gasteiger charge is -2.39. The Morgan fingerprint density at radius 3 is 2.58 bits per heavy atom. The van der Waals surface area contributed by atoms with Gasteiger partial charge >= 0.3 is 12.3 Å². The molecule has 19 heavy (non-hydrogen) atoms. The van der Waals surface area contributed by atoms with Gasteiger partial charge in [-0.3, -0.25) is 9.53 Å². The van der Waals surface area contributed by atoms with Crippen LogP contribution in [0.1, 0.15) is 26.7 Å². The number of likely N-dealkylation sites (tertiary alicyclic amines) is 1. The van der Waals surface area contributed by atoms with Gasteiger partial charge in [0.1, 0.15) is 0 Å². The second kappa shape index (κ2) is 6.09. The van der Waals surface area contributed by atoms with Crippen molar-refractivity contribution in [3.8, 4) is 0 Å². The molecule has 1 heterocycles. The molecule has 1 unspecified atom stereocenters. The summed E-state index contributed by atoms with van der Waals surface area (Å²) in [6.45, 7) is 4.27. The number of hydrogen-bond acceptors (Lipinski definition) is 3. The molecule has 0 amide bonds. The van der Waals surface area contributed by atoms with E-state index in [1.54, 1.807) is 13.8 Å². The SMILES string of the molecule is CC(C)(C(=O)O)C1CCCN(CCOC(F)(F)F)C1. The lowest BCUT2D eigenvalue weighted by Crippen LogP contribution is -2.45. The van der Waals surface area contributed by atoms with Crippen molar-refractivity contribution in [1.29, 1.82) is 0 Å². The number of rotatable bonds is 5. The molecular formula is C12H20F3NO3. The van der Waals surface area contributed by atoms with E-state index in [9.17, 15) is 23.1 Å². The lowest BCUT2D eigenvalue weighted by atomic mass is 9.74. The van der Waals surface area contributed by atoms with E-state index in [0.29, 0.717) is 13.1 Å². The molecule has 1 aliphatic rings. The first-order valence-electron chi connectivity index (χ1n) is 6.29. The average Bonchev–Trinajstić information content (AvgIpc) is 2.27. The Hall–Kier alpha value is -0.820. The zero-order valence-electron chi connectivity index (χ0n) is 11.2. The van der Waals surface area contributed by atoms with E-state index in [-0.39, 0.29) is 12.5 Å². The van der Waals surface area contributed by atoms with Crippen molar-refractivity contribution >= 4 is 5.97 Å². The van der Waals surface area contributed by atoms with E-state index < -0.39 is 24.4 Å². The minimum absolute atomic E-state index is 0.0513. The molecule has 0 saturated carbocycles. The Morgan fingerprint density at radius 1 is 1.42 bits per heavy atom. The molecule has 0 radical (unpaired) electrons. The second-order valence-electron chi connectivity index (χ2n) is 5.46. The van der Waals surface area contributed by atoms with Crippen LogP contribution in [0.4, 0.5) is 13.2 Å². The van der Waals surface area contributed by atoms with Crippen molar-refractivity contribution in [3.05, 3.63) is 0 Å². The summed E-state index contributed by atoms with van der Waals surface area (Å²) in [5, 5.41) is 9.17. The molecule has 1 N–H and O–H groups in total. The van der Waals surface area contributed by atoms with Crippen LogP contribution in [0.15, 0.2) is 0 Å². The van der Waals surface area contributed by atoms with Crippen LogP contribution in [-0.2, 0) is 9.53 Å². The standard InChI is InChI=1S/C12H20F3NO3/c1-11(2,10(17)18)9-4-3-5-16(8-9)6-7-19-12(13,14)15/h9H,3-8H2,1-2H3,(H,17,18). The molecule has 112 valence electrons. The van der Waals surface area contributed by atoms with Gasteiger partial charge in [0.05, 0.1) is 12.0 Å². The van der Waals surface area contributed by atoms with Crippen LogP contribution in [0.2, 0.25) is 0 Å². The molecule has 0 spiro atoms. The molecule has 0 aromatic carbocycles. The van der Waals surface area contributed by atoms with Gasteiger partial charge in [0, 0.05) is 13.1 Å². The molecule has 0 aromatic heterocycles. The summed E-state index contributed by atoms with van der Waals surface area (Å²) >= 11 is 0. The van der Waals surface area contributed by atoms with Crippen LogP contribution >= 0.6 is 0 Å². The summed E-state index contributed by atoms with van der Waals surface area (Å²) in [7, 11) is 0. The number of nitrogens with zero attached hydrogens (tertiary/aromatic N) is 1. The smallest absolute Gasteiger partial charge is 0.481 e. The molecule has 1 fully saturated rings. The van der Waals surface area contributed by atoms with Gasteiger partial charge in [0.15, 0.2) is 0 Å². The van der Waals surface area contributed by atoms with Crippen LogP contribution in [0.3, 0.4) is 0 Å². The molecular weight excluding hydrogens is 263 g/mol. The summed E-state index contributed by atoms with van der Waals surface area (Å²) in [5.74, 6) is -0.921. The van der Waals surface area contributed by atoms with Crippen molar-refractivity contribution in [1.82, 2.24) is 4.90 Å². The van der Waals surface area contributed by atoms with E-state index in [4.69, 9.17) is 0 Å². The maximum absolute atomic E-state index is 11.9. The molecule has 1 rings (SSSR count). The van der Waals surface area contributed by atoms with Gasteiger partial charge in [-0.15, -0.1) is 13.2 Å². The molecule has 1 atom stereocenters. The van der Waals surface area contributed by atoms with Crippen molar-refractivity contribution in [2.45, 2.75) is 33.1 Å². The third kappa shape index (κ3) is 4.99. The summed E-state index contributed by atoms with van der Waals surface area (Å²) in [4.78, 5) is 13.0. The number of carboxylic acid groups (broad SMARTS) is 1. The zero-order chi connectivity index (χ0) is 14.7. The van der Waals surface area contributed by atoms with Gasteiger partial charge in [0.2, 0.25) is 0 Å². The number of carboxylic acids is 1. The number of hydrogen-bond donors (Lipinski definition) is 1. The van der Waals surface area contributed by atoms with Gasteiger partial charge < -0.3 is 10.0 Å². The van der Waals surface area contributed by atoms with Gasteiger partial charge in [0.25, 0.3) is 0 Å². The highest BCUT2D eigenvalue weighted by molar-refractivity contribution is 5.74. The first-order chi connectivity index (χ1) is 8.63. The van der Waals surface area contributed by atoms with Crippen LogP contribution in [0.25, 0.3) is 0 Å². The Labute approximate surface area is 110 Å². The number of aliphatic carboxylic acids is 1. The Bertz CT molecular complexity index is 318. The summed E-state index contributed by atoms with van der Waals surface area (Å²) in [6.07, 6.45) is -3.02. The third-order valence-corrected chi connectivity index (χ3v) is 3.75. The first kappa shape index (κ1) is 16.2. The monoisotopic (exact) mass is 283 g/mol. The number of halogens is 3. The third-order valence-electron chi connectivity index (χ3n) is 3.75. The first-order valence-corrected chi connectivity index (χ1v) is 6.29. The zero-order valence-corrected chi connectivity index (χ0v) is 11.2. The van der Waals surface area contributed by atoms with Gasteiger partial charge in [-0.1, -0.05) is 0 Å². The van der Waals surface area contributed by atoms with E-state index in [1.807, 2.05) is 4.90 Å². The number of ether oxygens (including phenoxy) is 1. The minimum atomic E-state index is -4.60. The van der Waals surface area contributed by atoms with Crippen molar-refractivity contribution < 1.29 is 27.8 Å². The van der Waals surface area contributed by atoms with E-state index in [0.717, 1.165) is 12.8 Å². The predicted octanol–water partition coefficient (Wildman–Crippen LogP) is 2.35. The molecule has 1 aliphatic heterocycles. The largest absolute Gasteiger partial charge is 0.522 e. The lowest BCUT2D eigenvalue weighted by molar-refractivity contribution is -0.325. The Kier molecular flexibility index (Phi) is 5.20. The quantitative estimate of drug-likeness (QED) is 0.841. The number of piperidine rings is 1. The fraction of sp³-hybridized carbons (Fsp3) is 0.917. The maximum Gasteiger partial charge on any atom is 0.522 e. The number of carbonyl (C=O) groups is 1. The topological polar surface area (TPSA) is 49.8 Å². The highest BCUT2D eigenvalue weighted by Crippen LogP contribution is 2.34. The van der Waals surface area contributed by atoms with E-state index in [2.05, 4.69) is 4.74 Å². The van der Waals surface area contributed by atoms with E-state index >= 15 is 0 Å². The highest BCUT2D eigenvalue weighted by atomic mass is 19.4. The normalized spacial score (nSPS) is 22.5. The van der Waals surface area contributed by atoms with Crippen molar-refractivity contribution in [3.63, 3.8) is 0 Å². The highest BCUT2D eigenvalue weighted by Gasteiger charge is 2.39. The fourth-order valence-electron chi connectivity index (χ4n) is 2.31. The van der Waals surface area contributed by atoms with Crippen LogP contribution < -0.4 is 0 Å². The molecule has 7 heteroatoms. The fourth-order valence-corrected chi connectivity index (χ4v) is 2.31. The second-order valence-corrected chi connectivity index (χ2v) is 5.46. The summed E-state index contributed by atoms with van der Waals surface area (Å²) in [5.41, 5.74) is -0.858. The molecule has 0 aliphatic carbocycles. The van der Waals surface area contributed by atoms with Crippen LogP contribution in [0, 0.1) is 11.3 Å². The Morgan fingerprint density at radius 2 is 2.05 bits per heavy atom. The summed E-state index contributed by atoms with van der Waals surface area (Å²) < 4.78 is 39.3. The van der Waals surface area contributed by atoms with Crippen LogP contribution in [0.5, 0.6) is 0 Å². The minimum Gasteiger partial charge on any atom is -0.481 e. The van der Waals surface area contributed by atoms with Crippen molar-refractivity contribution in [2.24, 2.45) is 11.3 Å². The van der Waals surface area contributed by atoms with Gasteiger partial charge in [-0.25, -0.2) is 0 Å². The summed E-state index contributed by atoms with van der Waals surface area (Å²) in [6, 6.07) is 0. The van der Waals surface area contributed by atoms with E-state index in [1.165, 1.54) is 0 Å². The molecule has 4 nitrogen and oxygen atoms in total. The van der Waals surface area contributed by atoms with Gasteiger partial charge in [-0.05, 0) is 39.2 Å². The van der Waals surface area contributed by atoms with Gasteiger partial charge in [-0.2, -0.15) is 0 Å². The maximum atomic E-state index is 11.9. The van der Waals surface area contributed by atoms with Crippen LogP contribution in [-0.4, -0.2) is 48.6 Å². The Balaban J connectivity index is 2.45. The average molecular weight is 283 g/mol. The predicted molar refractivity (Wildman–Crippen MR) is 62.6 cm³/mol. The molecule has 0 aromatic rings. The molecule has 0 bridgehead atoms.